The Labute approximate surface area is 80.2 Å². The second-order valence-corrected chi connectivity index (χ2v) is 3.04. The predicted octanol–water partition coefficient (Wildman–Crippen LogP) is 2.03. The second-order valence-electron chi connectivity index (χ2n) is 3.04. The molecule has 74 valence electrons. The highest BCUT2D eigenvalue weighted by Gasteiger charge is 2.17. The topological polar surface area (TPSA) is 54.4 Å². The maximum atomic E-state index is 13.4. The first kappa shape index (κ1) is 10.4. The third kappa shape index (κ3) is 1.79. The Balaban J connectivity index is 3.47. The normalized spacial score (nSPS) is 9.93. The van der Waals surface area contributed by atoms with Gasteiger partial charge in [-0.2, -0.15) is 0 Å². The average Bonchev–Trinajstić information content (AvgIpc) is 2.07. The summed E-state index contributed by atoms with van der Waals surface area (Å²) >= 11 is 0. The Morgan fingerprint density at radius 1 is 1.29 bits per heavy atom. The summed E-state index contributed by atoms with van der Waals surface area (Å²) in [5, 5.41) is 8.65. The average molecular weight is 196 g/mol. The van der Waals surface area contributed by atoms with E-state index >= 15 is 0 Å². The van der Waals surface area contributed by atoms with Crippen LogP contribution in [0.3, 0.4) is 0 Å². The van der Waals surface area contributed by atoms with Gasteiger partial charge < -0.3 is 5.11 Å². The van der Waals surface area contributed by atoms with Crippen LogP contribution in [0.2, 0.25) is 0 Å². The van der Waals surface area contributed by atoms with Crippen LogP contribution < -0.4 is 0 Å². The molecule has 1 N–H and O–H groups in total. The van der Waals surface area contributed by atoms with Crippen molar-refractivity contribution in [2.45, 2.75) is 13.8 Å². The number of carboxylic acid groups (broad SMARTS) is 1. The molecule has 0 bridgehead atoms. The molecule has 0 spiro atoms. The number of ketones is 1. The van der Waals surface area contributed by atoms with E-state index in [1.165, 1.54) is 19.1 Å². The first-order chi connectivity index (χ1) is 6.43. The minimum atomic E-state index is -1.37. The molecule has 0 unspecified atom stereocenters. The number of carbonyl (C=O) groups is 2. The third-order valence-electron chi connectivity index (χ3n) is 1.83. The van der Waals surface area contributed by atoms with Crippen molar-refractivity contribution in [2.24, 2.45) is 0 Å². The number of carboxylic acids is 1. The Hall–Kier alpha value is -1.71. The van der Waals surface area contributed by atoms with Gasteiger partial charge >= 0.3 is 5.97 Å². The van der Waals surface area contributed by atoms with Crippen molar-refractivity contribution < 1.29 is 19.1 Å². The highest BCUT2D eigenvalue weighted by atomic mass is 19.1. The van der Waals surface area contributed by atoms with Crippen molar-refractivity contribution in [1.82, 2.24) is 0 Å². The molecule has 0 aliphatic heterocycles. The first-order valence-electron chi connectivity index (χ1n) is 3.98. The number of aryl methyl sites for hydroxylation is 1. The van der Waals surface area contributed by atoms with Crippen LogP contribution in [0.4, 0.5) is 4.39 Å². The molecule has 0 saturated carbocycles. The van der Waals surface area contributed by atoms with E-state index in [1.54, 1.807) is 6.92 Å². The van der Waals surface area contributed by atoms with E-state index in [2.05, 4.69) is 0 Å². The molecule has 0 heterocycles. The summed E-state index contributed by atoms with van der Waals surface area (Å²) in [4.78, 5) is 21.6. The number of rotatable bonds is 2. The zero-order chi connectivity index (χ0) is 10.9. The molecule has 3 nitrogen and oxygen atoms in total. The summed E-state index contributed by atoms with van der Waals surface area (Å²) in [6.45, 7) is 2.81. The molecule has 0 saturated heterocycles. The largest absolute Gasteiger partial charge is 0.478 e. The lowest BCUT2D eigenvalue weighted by molar-refractivity contribution is 0.0691. The smallest absolute Gasteiger partial charge is 0.338 e. The van der Waals surface area contributed by atoms with Crippen LogP contribution in [-0.2, 0) is 0 Å². The molecule has 0 radical (unpaired) electrons. The van der Waals surface area contributed by atoms with E-state index in [4.69, 9.17) is 5.11 Å². The van der Waals surface area contributed by atoms with Crippen LogP contribution in [0.15, 0.2) is 12.1 Å². The highest BCUT2D eigenvalue weighted by Crippen LogP contribution is 2.16. The summed E-state index contributed by atoms with van der Waals surface area (Å²) < 4.78 is 13.4. The van der Waals surface area contributed by atoms with Gasteiger partial charge in [-0.3, -0.25) is 4.79 Å². The lowest BCUT2D eigenvalue weighted by atomic mass is 10.0. The zero-order valence-corrected chi connectivity index (χ0v) is 7.80. The number of halogens is 1. The molecule has 0 atom stereocenters. The highest BCUT2D eigenvalue weighted by molar-refractivity contribution is 5.98. The molecule has 0 aliphatic rings. The number of hydrogen-bond acceptors (Lipinski definition) is 2. The Morgan fingerprint density at radius 2 is 1.79 bits per heavy atom. The number of aromatic carboxylic acids is 1. The van der Waals surface area contributed by atoms with Crippen LogP contribution in [0.5, 0.6) is 0 Å². The van der Waals surface area contributed by atoms with Crippen molar-refractivity contribution in [3.63, 3.8) is 0 Å². The maximum absolute atomic E-state index is 13.4. The minimum Gasteiger partial charge on any atom is -0.478 e. The predicted molar refractivity (Wildman–Crippen MR) is 48.1 cm³/mol. The maximum Gasteiger partial charge on any atom is 0.338 e. The fraction of sp³-hybridized carbons (Fsp3) is 0.200. The van der Waals surface area contributed by atoms with Gasteiger partial charge in [-0.25, -0.2) is 9.18 Å². The second kappa shape index (κ2) is 3.57. The molecule has 0 amide bonds. The molecule has 14 heavy (non-hydrogen) atoms. The quantitative estimate of drug-likeness (QED) is 0.736. The molecule has 1 aromatic rings. The standard InChI is InChI=1S/C10H9FO3/c1-5-3-7(6(2)12)9(11)8(4-5)10(13)14/h3-4H,1-2H3,(H,13,14). The number of hydrogen-bond donors (Lipinski definition) is 1. The van der Waals surface area contributed by atoms with E-state index in [0.29, 0.717) is 5.56 Å². The Morgan fingerprint density at radius 3 is 2.21 bits per heavy atom. The lowest BCUT2D eigenvalue weighted by Gasteiger charge is -2.04. The molecular weight excluding hydrogens is 187 g/mol. The molecule has 1 aromatic carbocycles. The van der Waals surface area contributed by atoms with Crippen LogP contribution in [0.25, 0.3) is 0 Å². The van der Waals surface area contributed by atoms with E-state index in [0.717, 1.165) is 0 Å². The Bertz CT molecular complexity index is 375. The Kier molecular flexibility index (Phi) is 2.65. The number of carbonyl (C=O) groups excluding carboxylic acids is 1. The fourth-order valence-corrected chi connectivity index (χ4v) is 1.18. The van der Waals surface area contributed by atoms with Crippen molar-refractivity contribution in [1.29, 1.82) is 0 Å². The minimum absolute atomic E-state index is 0.178. The van der Waals surface area contributed by atoms with Crippen molar-refractivity contribution >= 4 is 11.8 Å². The van der Waals surface area contributed by atoms with E-state index in [9.17, 15) is 14.0 Å². The van der Waals surface area contributed by atoms with Crippen LogP contribution in [0.1, 0.15) is 33.2 Å². The summed E-state index contributed by atoms with van der Waals surface area (Å²) in [6.07, 6.45) is 0. The van der Waals surface area contributed by atoms with Crippen molar-refractivity contribution in [2.75, 3.05) is 0 Å². The number of Topliss-reactive ketones (excluding diaryl/α,β-unsaturated/α-hetero) is 1. The van der Waals surface area contributed by atoms with E-state index in [1.807, 2.05) is 0 Å². The summed E-state index contributed by atoms with van der Waals surface area (Å²) in [7, 11) is 0. The summed E-state index contributed by atoms with van der Waals surface area (Å²) in [5.74, 6) is -2.81. The SMILES string of the molecule is CC(=O)c1cc(C)cc(C(=O)O)c1F. The van der Waals surface area contributed by atoms with Gasteiger partial charge in [0.05, 0.1) is 11.1 Å². The van der Waals surface area contributed by atoms with Gasteiger partial charge in [0.25, 0.3) is 0 Å². The fourth-order valence-electron chi connectivity index (χ4n) is 1.18. The lowest BCUT2D eigenvalue weighted by Crippen LogP contribution is -2.07. The summed E-state index contributed by atoms with van der Waals surface area (Å²) in [5.41, 5.74) is -0.0911. The van der Waals surface area contributed by atoms with Crippen molar-refractivity contribution in [3.8, 4) is 0 Å². The van der Waals surface area contributed by atoms with Gasteiger partial charge in [-0.05, 0) is 31.5 Å². The monoisotopic (exact) mass is 196 g/mol. The van der Waals surface area contributed by atoms with E-state index in [-0.39, 0.29) is 5.56 Å². The molecule has 1 rings (SSSR count). The van der Waals surface area contributed by atoms with E-state index < -0.39 is 23.1 Å². The zero-order valence-electron chi connectivity index (χ0n) is 7.80. The summed E-state index contributed by atoms with van der Waals surface area (Å²) in [6, 6.07) is 2.54. The molecule has 0 aromatic heterocycles. The molecule has 4 heteroatoms. The van der Waals surface area contributed by atoms with Crippen LogP contribution in [-0.4, -0.2) is 16.9 Å². The first-order valence-corrected chi connectivity index (χ1v) is 3.98. The third-order valence-corrected chi connectivity index (χ3v) is 1.83. The van der Waals surface area contributed by atoms with Crippen molar-refractivity contribution in [3.05, 3.63) is 34.6 Å². The van der Waals surface area contributed by atoms with Gasteiger partial charge in [-0.1, -0.05) is 0 Å². The molecule has 0 fully saturated rings. The van der Waals surface area contributed by atoms with Gasteiger partial charge in [0, 0.05) is 0 Å². The van der Waals surface area contributed by atoms with Gasteiger partial charge in [-0.15, -0.1) is 0 Å². The van der Waals surface area contributed by atoms with Gasteiger partial charge in [0.2, 0.25) is 0 Å². The van der Waals surface area contributed by atoms with Crippen LogP contribution >= 0.6 is 0 Å². The molecule has 0 aliphatic carbocycles. The molecular formula is C10H9FO3. The van der Waals surface area contributed by atoms with Crippen LogP contribution in [0, 0.1) is 12.7 Å². The van der Waals surface area contributed by atoms with Gasteiger partial charge in [0.15, 0.2) is 5.78 Å². The number of benzene rings is 1. The van der Waals surface area contributed by atoms with Gasteiger partial charge in [0.1, 0.15) is 5.82 Å².